The minimum Gasteiger partial charge on any atom is -0.515 e. The fourth-order valence-corrected chi connectivity index (χ4v) is 4.59. The summed E-state index contributed by atoms with van der Waals surface area (Å²) >= 11 is 0. The van der Waals surface area contributed by atoms with E-state index in [0.29, 0.717) is 28.8 Å². The first-order valence-electron chi connectivity index (χ1n) is 11.9. The molecule has 0 aromatic carbocycles. The van der Waals surface area contributed by atoms with Gasteiger partial charge in [0.15, 0.2) is 0 Å². The Kier molecular flexibility index (Phi) is 5.78. The summed E-state index contributed by atoms with van der Waals surface area (Å²) < 4.78 is 0. The second-order valence-electron chi connectivity index (χ2n) is 9.85. The highest BCUT2D eigenvalue weighted by Crippen LogP contribution is 2.32. The Morgan fingerprint density at radius 2 is 1.38 bits per heavy atom. The molecule has 0 saturated carbocycles. The van der Waals surface area contributed by atoms with Crippen molar-refractivity contribution in [2.45, 2.75) is 40.5 Å². The van der Waals surface area contributed by atoms with Gasteiger partial charge in [0.25, 0.3) is 0 Å². The Morgan fingerprint density at radius 1 is 0.765 bits per heavy atom. The zero-order valence-electron chi connectivity index (χ0n) is 20.1. The molecule has 4 aliphatic rings. The number of nitrogens with one attached hydrogen (secondary N) is 1. The summed E-state index contributed by atoms with van der Waals surface area (Å²) in [7, 11) is 0. The summed E-state index contributed by atoms with van der Waals surface area (Å²) in [5.74, 6) is 0.927. The monoisotopic (exact) mass is 450 g/mol. The van der Waals surface area contributed by atoms with Gasteiger partial charge in [0.1, 0.15) is 0 Å². The number of hydrogen-bond acceptors (Lipinski definition) is 4. The number of rotatable bonds is 4. The van der Waals surface area contributed by atoms with Gasteiger partial charge in [-0.15, -0.1) is 0 Å². The number of aliphatic hydroxyl groups excluding tert-OH is 1. The zero-order valence-corrected chi connectivity index (χ0v) is 20.1. The molecule has 2 N–H and O–H groups in total. The molecule has 0 atom stereocenters. The van der Waals surface area contributed by atoms with E-state index in [1.165, 1.54) is 0 Å². The van der Waals surface area contributed by atoms with E-state index in [1.54, 1.807) is 0 Å². The van der Waals surface area contributed by atoms with Crippen molar-refractivity contribution in [3.8, 4) is 0 Å². The van der Waals surface area contributed by atoms with Gasteiger partial charge in [-0.3, -0.25) is 0 Å². The van der Waals surface area contributed by atoms with E-state index in [9.17, 15) is 5.11 Å². The molecular weight excluding hydrogens is 420 g/mol. The fraction of sp³-hybridized carbons (Fsp3) is 0.276. The van der Waals surface area contributed by atoms with Gasteiger partial charge in [-0.1, -0.05) is 27.7 Å². The number of aliphatic imine (C=N–C) groups is 3. The summed E-state index contributed by atoms with van der Waals surface area (Å²) in [6.45, 7) is 8.82. The van der Waals surface area contributed by atoms with E-state index in [0.717, 1.165) is 64.4 Å². The number of hydrogen-bond donors (Lipinski definition) is 2. The summed E-state index contributed by atoms with van der Waals surface area (Å²) in [6.07, 6.45) is 17.0. The van der Waals surface area contributed by atoms with Crippen molar-refractivity contribution < 1.29 is 5.11 Å². The van der Waals surface area contributed by atoms with Gasteiger partial charge in [0.05, 0.1) is 46.1 Å². The smallest absolute Gasteiger partial charge is 0.0907 e. The predicted octanol–water partition coefficient (Wildman–Crippen LogP) is 6.90. The van der Waals surface area contributed by atoms with E-state index in [-0.39, 0.29) is 0 Å². The summed E-state index contributed by atoms with van der Waals surface area (Å²) in [5, 5.41) is 10.2. The first kappa shape index (κ1) is 22.1. The maximum atomic E-state index is 10.2. The lowest BCUT2D eigenvalue weighted by Crippen LogP contribution is -2.08. The summed E-state index contributed by atoms with van der Waals surface area (Å²) in [6, 6.07) is 4.21. The van der Waals surface area contributed by atoms with E-state index in [4.69, 9.17) is 15.0 Å². The Balaban J connectivity index is 1.72. The fourth-order valence-electron chi connectivity index (χ4n) is 4.59. The van der Waals surface area contributed by atoms with Crippen LogP contribution < -0.4 is 0 Å². The van der Waals surface area contributed by atoms with Crippen molar-refractivity contribution >= 4 is 28.8 Å². The summed E-state index contributed by atoms with van der Waals surface area (Å²) in [4.78, 5) is 18.3. The van der Waals surface area contributed by atoms with Crippen LogP contribution in [-0.4, -0.2) is 27.2 Å². The summed E-state index contributed by atoms with van der Waals surface area (Å²) in [5.41, 5.74) is 10.0. The Labute approximate surface area is 200 Å². The Morgan fingerprint density at radius 3 is 2.03 bits per heavy atom. The highest BCUT2D eigenvalue weighted by Gasteiger charge is 2.23. The predicted molar refractivity (Wildman–Crippen MR) is 142 cm³/mol. The van der Waals surface area contributed by atoms with Crippen LogP contribution in [0.15, 0.2) is 98.1 Å². The molecule has 0 radical (unpaired) electrons. The topological polar surface area (TPSA) is 73.1 Å². The number of nitrogens with zero attached hydrogens (tertiary/aromatic N) is 3. The lowest BCUT2D eigenvalue weighted by atomic mass is 9.97. The van der Waals surface area contributed by atoms with Gasteiger partial charge < -0.3 is 10.1 Å². The number of aromatic nitrogens is 1. The first-order chi connectivity index (χ1) is 16.4. The van der Waals surface area contributed by atoms with Crippen LogP contribution in [0.25, 0.3) is 11.6 Å². The quantitative estimate of drug-likeness (QED) is 0.481. The van der Waals surface area contributed by atoms with Crippen LogP contribution >= 0.6 is 0 Å². The maximum Gasteiger partial charge on any atom is 0.0907 e. The van der Waals surface area contributed by atoms with Gasteiger partial charge in [-0.25, -0.2) is 15.0 Å². The largest absolute Gasteiger partial charge is 0.515 e. The third-order valence-electron chi connectivity index (χ3n) is 6.11. The van der Waals surface area contributed by atoms with Crippen molar-refractivity contribution in [2.75, 3.05) is 0 Å². The lowest BCUT2D eigenvalue weighted by Gasteiger charge is -2.11. The molecule has 5 nitrogen and oxygen atoms in total. The molecule has 0 amide bonds. The van der Waals surface area contributed by atoms with Crippen LogP contribution in [0.1, 0.15) is 51.9 Å². The molecule has 0 unspecified atom stereocenters. The van der Waals surface area contributed by atoms with Gasteiger partial charge in [0.2, 0.25) is 0 Å². The van der Waals surface area contributed by atoms with Crippen molar-refractivity contribution in [1.29, 1.82) is 0 Å². The van der Waals surface area contributed by atoms with Gasteiger partial charge in [0, 0.05) is 22.5 Å². The highest BCUT2D eigenvalue weighted by atomic mass is 16.2. The third kappa shape index (κ3) is 4.26. The average Bonchev–Trinajstić information content (AvgIpc) is 3.58. The van der Waals surface area contributed by atoms with Crippen molar-refractivity contribution in [1.82, 2.24) is 4.98 Å². The molecule has 34 heavy (non-hydrogen) atoms. The van der Waals surface area contributed by atoms with Crippen LogP contribution in [0.2, 0.25) is 0 Å². The SMILES string of the molecule is CC(C)CC1=C2C=CC(=N2)/C(=C\O)C2=NC(=C(CC(C)C)c3ccc([nH]3)C=C3C=CC1=N3)C=C2. The first-order valence-corrected chi connectivity index (χ1v) is 11.9. The molecule has 0 spiro atoms. The molecule has 0 saturated heterocycles. The van der Waals surface area contributed by atoms with Gasteiger partial charge in [-0.2, -0.15) is 0 Å². The minimum atomic E-state index is 0.456. The Bertz CT molecular complexity index is 1340. The van der Waals surface area contributed by atoms with Crippen molar-refractivity contribution in [3.63, 3.8) is 0 Å². The van der Waals surface area contributed by atoms with E-state index in [2.05, 4.69) is 63.0 Å². The molecular formula is C29H30N4O. The van der Waals surface area contributed by atoms with Crippen molar-refractivity contribution in [3.05, 3.63) is 94.5 Å². The standard InChI is InChI=1S/C29H30N4O/c1-17(2)13-21-24-7-5-19(30-24)15-20-6-8-25(31-20)22(14-18(3)4)27-10-12-29(33-27)23(16-34)28-11-9-26(21)32-28/h5-12,15-18,30,34H,13-14H2,1-4H3/b20-15?,23-16-,26-21?,27-22?. The van der Waals surface area contributed by atoms with Gasteiger partial charge >= 0.3 is 0 Å². The molecule has 5 heterocycles. The normalized spacial score (nSPS) is 20.2. The highest BCUT2D eigenvalue weighted by molar-refractivity contribution is 6.33. The maximum absolute atomic E-state index is 10.2. The number of allylic oxidation sites excluding steroid dienone is 9. The van der Waals surface area contributed by atoms with Crippen molar-refractivity contribution in [2.24, 2.45) is 26.8 Å². The van der Waals surface area contributed by atoms with E-state index >= 15 is 0 Å². The van der Waals surface area contributed by atoms with E-state index < -0.39 is 0 Å². The van der Waals surface area contributed by atoms with Crippen LogP contribution in [0.3, 0.4) is 0 Å². The van der Waals surface area contributed by atoms with Crippen LogP contribution in [-0.2, 0) is 0 Å². The Hall–Kier alpha value is -3.73. The van der Waals surface area contributed by atoms with Crippen LogP contribution in [0.5, 0.6) is 0 Å². The second kappa shape index (κ2) is 8.90. The van der Waals surface area contributed by atoms with Gasteiger partial charge in [-0.05, 0) is 79.3 Å². The third-order valence-corrected chi connectivity index (χ3v) is 6.11. The average molecular weight is 451 g/mol. The minimum absolute atomic E-state index is 0.456. The molecule has 5 rings (SSSR count). The lowest BCUT2D eigenvalue weighted by molar-refractivity contribution is 0.472. The van der Waals surface area contributed by atoms with Crippen LogP contribution in [0.4, 0.5) is 0 Å². The number of H-pyrrole nitrogens is 1. The molecule has 1 aromatic rings. The second-order valence-corrected chi connectivity index (χ2v) is 9.85. The molecule has 8 bridgehead atoms. The molecule has 4 aliphatic heterocycles. The number of aliphatic hydroxyl groups is 1. The molecule has 172 valence electrons. The number of fused-ring (bicyclic) bond motifs is 5. The van der Waals surface area contributed by atoms with E-state index in [1.807, 2.05) is 24.3 Å². The number of aromatic amines is 1. The molecule has 0 aliphatic carbocycles. The molecule has 0 fully saturated rings. The molecule has 5 heteroatoms. The zero-order chi connectivity index (χ0) is 23.8. The van der Waals surface area contributed by atoms with Crippen LogP contribution in [0, 0.1) is 11.8 Å². The molecule has 1 aromatic heterocycles.